The SMILES string of the molecule is CC(C)CCN(CC(=O)C1CC1)C1CC1. The summed E-state index contributed by atoms with van der Waals surface area (Å²) in [5, 5.41) is 0. The number of nitrogens with zero attached hydrogens (tertiary/aromatic N) is 1. The molecule has 2 aliphatic carbocycles. The topological polar surface area (TPSA) is 20.3 Å². The van der Waals surface area contributed by atoms with E-state index in [1.807, 2.05) is 0 Å². The number of carbonyl (C=O) groups excluding carboxylic acids is 1. The summed E-state index contributed by atoms with van der Waals surface area (Å²) < 4.78 is 0. The van der Waals surface area contributed by atoms with Crippen molar-refractivity contribution in [2.24, 2.45) is 11.8 Å². The number of rotatable bonds is 7. The lowest BCUT2D eigenvalue weighted by Crippen LogP contribution is -2.34. The standard InChI is InChI=1S/C13H23NO/c1-10(2)7-8-14(12-5-6-12)9-13(15)11-3-4-11/h10-12H,3-9H2,1-2H3. The summed E-state index contributed by atoms with van der Waals surface area (Å²) in [6.07, 6.45) is 6.17. The lowest BCUT2D eigenvalue weighted by molar-refractivity contribution is -0.121. The van der Waals surface area contributed by atoms with E-state index in [2.05, 4.69) is 18.7 Å². The molecule has 15 heavy (non-hydrogen) atoms. The van der Waals surface area contributed by atoms with Gasteiger partial charge in [-0.15, -0.1) is 0 Å². The van der Waals surface area contributed by atoms with Crippen molar-refractivity contribution in [3.05, 3.63) is 0 Å². The van der Waals surface area contributed by atoms with Crippen molar-refractivity contribution in [1.82, 2.24) is 4.90 Å². The van der Waals surface area contributed by atoms with Crippen LogP contribution in [0.5, 0.6) is 0 Å². The van der Waals surface area contributed by atoms with E-state index in [0.29, 0.717) is 11.7 Å². The summed E-state index contributed by atoms with van der Waals surface area (Å²) in [7, 11) is 0. The van der Waals surface area contributed by atoms with Gasteiger partial charge in [-0.1, -0.05) is 13.8 Å². The molecule has 2 heteroatoms. The largest absolute Gasteiger partial charge is 0.298 e. The minimum atomic E-state index is 0.435. The van der Waals surface area contributed by atoms with E-state index in [9.17, 15) is 4.79 Å². The van der Waals surface area contributed by atoms with Crippen molar-refractivity contribution >= 4 is 5.78 Å². The van der Waals surface area contributed by atoms with E-state index in [1.165, 1.54) is 19.3 Å². The second-order valence-corrected chi connectivity index (χ2v) is 5.62. The van der Waals surface area contributed by atoms with Crippen LogP contribution in [0.4, 0.5) is 0 Å². The fraction of sp³-hybridized carbons (Fsp3) is 0.923. The van der Waals surface area contributed by atoms with E-state index < -0.39 is 0 Å². The van der Waals surface area contributed by atoms with Gasteiger partial charge in [0.15, 0.2) is 0 Å². The van der Waals surface area contributed by atoms with Crippen molar-refractivity contribution in [2.75, 3.05) is 13.1 Å². The first kappa shape index (κ1) is 11.1. The zero-order valence-electron chi connectivity index (χ0n) is 10.0. The molecule has 0 amide bonds. The fourth-order valence-electron chi connectivity index (χ4n) is 1.99. The first-order chi connectivity index (χ1) is 7.16. The van der Waals surface area contributed by atoms with E-state index >= 15 is 0 Å². The molecule has 0 aliphatic heterocycles. The molecule has 0 unspecified atom stereocenters. The van der Waals surface area contributed by atoms with Gasteiger partial charge >= 0.3 is 0 Å². The maximum absolute atomic E-state index is 11.8. The number of hydrogen-bond donors (Lipinski definition) is 0. The maximum Gasteiger partial charge on any atom is 0.149 e. The lowest BCUT2D eigenvalue weighted by Gasteiger charge is -2.22. The van der Waals surface area contributed by atoms with Crippen molar-refractivity contribution in [3.63, 3.8) is 0 Å². The van der Waals surface area contributed by atoms with Crippen molar-refractivity contribution in [3.8, 4) is 0 Å². The van der Waals surface area contributed by atoms with E-state index in [1.54, 1.807) is 0 Å². The summed E-state index contributed by atoms with van der Waals surface area (Å²) >= 11 is 0. The normalized spacial score (nSPS) is 21.3. The van der Waals surface area contributed by atoms with E-state index in [-0.39, 0.29) is 0 Å². The van der Waals surface area contributed by atoms with Gasteiger partial charge in [0.25, 0.3) is 0 Å². The third kappa shape index (κ3) is 3.60. The van der Waals surface area contributed by atoms with Gasteiger partial charge < -0.3 is 0 Å². The molecule has 2 saturated carbocycles. The molecule has 2 aliphatic rings. The van der Waals surface area contributed by atoms with E-state index in [4.69, 9.17) is 0 Å². The quantitative estimate of drug-likeness (QED) is 0.642. The van der Waals surface area contributed by atoms with Gasteiger partial charge in [-0.3, -0.25) is 9.69 Å². The average Bonchev–Trinajstić information content (AvgIpc) is 3.05. The van der Waals surface area contributed by atoms with Crippen LogP contribution in [0.25, 0.3) is 0 Å². The van der Waals surface area contributed by atoms with Gasteiger partial charge in [0.05, 0.1) is 6.54 Å². The molecule has 2 fully saturated rings. The number of hydrogen-bond acceptors (Lipinski definition) is 2. The molecule has 2 nitrogen and oxygen atoms in total. The predicted molar refractivity (Wildman–Crippen MR) is 61.8 cm³/mol. The molecule has 2 rings (SSSR count). The monoisotopic (exact) mass is 209 g/mol. The Bertz CT molecular complexity index is 229. The molecule has 0 saturated heterocycles. The third-order valence-electron chi connectivity index (χ3n) is 3.45. The summed E-state index contributed by atoms with van der Waals surface area (Å²) in [4.78, 5) is 14.2. The van der Waals surface area contributed by atoms with Crippen molar-refractivity contribution < 1.29 is 4.79 Å². The van der Waals surface area contributed by atoms with Crippen molar-refractivity contribution in [1.29, 1.82) is 0 Å². The van der Waals surface area contributed by atoms with Crippen LogP contribution in [0.1, 0.15) is 46.0 Å². The molecule has 0 spiro atoms. The Kier molecular flexibility index (Phi) is 3.45. The minimum absolute atomic E-state index is 0.435. The molecule has 0 heterocycles. The van der Waals surface area contributed by atoms with Gasteiger partial charge in [0.2, 0.25) is 0 Å². The highest BCUT2D eigenvalue weighted by molar-refractivity contribution is 5.85. The summed E-state index contributed by atoms with van der Waals surface area (Å²) in [6.45, 7) is 6.38. The molecule has 0 aromatic carbocycles. The van der Waals surface area contributed by atoms with Gasteiger partial charge in [-0.05, 0) is 44.6 Å². The van der Waals surface area contributed by atoms with Gasteiger partial charge in [-0.25, -0.2) is 0 Å². The Morgan fingerprint density at radius 1 is 1.27 bits per heavy atom. The van der Waals surface area contributed by atoms with E-state index in [0.717, 1.165) is 37.9 Å². The lowest BCUT2D eigenvalue weighted by atomic mass is 10.1. The third-order valence-corrected chi connectivity index (χ3v) is 3.45. The number of ketones is 1. The highest BCUT2D eigenvalue weighted by Crippen LogP contribution is 2.32. The summed E-state index contributed by atoms with van der Waals surface area (Å²) in [6, 6.07) is 0.742. The van der Waals surface area contributed by atoms with Crippen LogP contribution in [0.3, 0.4) is 0 Å². The van der Waals surface area contributed by atoms with Crippen LogP contribution < -0.4 is 0 Å². The molecular weight excluding hydrogens is 186 g/mol. The molecule has 0 N–H and O–H groups in total. The highest BCUT2D eigenvalue weighted by Gasteiger charge is 2.34. The molecule has 86 valence electrons. The number of Topliss-reactive ketones (excluding diaryl/α,β-unsaturated/α-hetero) is 1. The minimum Gasteiger partial charge on any atom is -0.298 e. The first-order valence-electron chi connectivity index (χ1n) is 6.43. The molecule has 0 aromatic rings. The molecule has 0 bridgehead atoms. The van der Waals surface area contributed by atoms with Crippen LogP contribution in [-0.4, -0.2) is 29.8 Å². The van der Waals surface area contributed by atoms with Crippen LogP contribution >= 0.6 is 0 Å². The Hall–Kier alpha value is -0.370. The first-order valence-corrected chi connectivity index (χ1v) is 6.43. The molecule has 0 atom stereocenters. The van der Waals surface area contributed by atoms with Gasteiger partial charge in [0.1, 0.15) is 5.78 Å². The highest BCUT2D eigenvalue weighted by atomic mass is 16.1. The Morgan fingerprint density at radius 3 is 2.40 bits per heavy atom. The zero-order valence-corrected chi connectivity index (χ0v) is 10.0. The Morgan fingerprint density at radius 2 is 1.93 bits per heavy atom. The predicted octanol–water partition coefficient (Wildman–Crippen LogP) is 2.48. The fourth-order valence-corrected chi connectivity index (χ4v) is 1.99. The Balaban J connectivity index is 1.74. The summed E-state index contributed by atoms with van der Waals surface area (Å²) in [5.41, 5.74) is 0. The Labute approximate surface area is 93.0 Å². The smallest absolute Gasteiger partial charge is 0.149 e. The second-order valence-electron chi connectivity index (χ2n) is 5.62. The van der Waals surface area contributed by atoms with Crippen LogP contribution in [-0.2, 0) is 4.79 Å². The van der Waals surface area contributed by atoms with Gasteiger partial charge in [0, 0.05) is 12.0 Å². The average molecular weight is 209 g/mol. The zero-order chi connectivity index (χ0) is 10.8. The van der Waals surface area contributed by atoms with Crippen LogP contribution in [0.2, 0.25) is 0 Å². The molecule has 0 radical (unpaired) electrons. The summed E-state index contributed by atoms with van der Waals surface area (Å²) in [5.74, 6) is 1.69. The van der Waals surface area contributed by atoms with Crippen LogP contribution in [0, 0.1) is 11.8 Å². The second kappa shape index (κ2) is 4.65. The van der Waals surface area contributed by atoms with Gasteiger partial charge in [-0.2, -0.15) is 0 Å². The van der Waals surface area contributed by atoms with Crippen LogP contribution in [0.15, 0.2) is 0 Å². The maximum atomic E-state index is 11.8. The molecule has 0 aromatic heterocycles. The number of carbonyl (C=O) groups is 1. The van der Waals surface area contributed by atoms with Crippen molar-refractivity contribution in [2.45, 2.75) is 52.0 Å². The molecular formula is C13H23NO.